The van der Waals surface area contributed by atoms with Crippen LogP contribution in [0.3, 0.4) is 0 Å². The maximum atomic E-state index is 12.4. The van der Waals surface area contributed by atoms with Crippen LogP contribution in [0.2, 0.25) is 0 Å². The number of rotatable bonds is 5. The molecule has 0 aliphatic carbocycles. The fraction of sp³-hybridized carbons (Fsp3) is 0.222. The Labute approximate surface area is 149 Å². The molecule has 3 rings (SSSR count). The van der Waals surface area contributed by atoms with Crippen LogP contribution in [0.15, 0.2) is 47.0 Å². The van der Waals surface area contributed by atoms with Gasteiger partial charge in [0.25, 0.3) is 11.6 Å². The van der Waals surface area contributed by atoms with Crippen LogP contribution in [-0.4, -0.2) is 20.6 Å². The molecule has 0 aliphatic heterocycles. The predicted octanol–water partition coefficient (Wildman–Crippen LogP) is 3.48. The summed E-state index contributed by atoms with van der Waals surface area (Å²) < 4.78 is 6.99. The molecule has 1 amide bonds. The van der Waals surface area contributed by atoms with Crippen LogP contribution in [0.25, 0.3) is 5.69 Å². The maximum absolute atomic E-state index is 12.4. The molecule has 134 valence electrons. The molecule has 2 heterocycles. The molecule has 1 atom stereocenters. The zero-order chi connectivity index (χ0) is 18.8. The maximum Gasteiger partial charge on any atom is 0.272 e. The molecule has 1 unspecified atom stereocenters. The third-order valence-corrected chi connectivity index (χ3v) is 4.04. The fourth-order valence-electron chi connectivity index (χ4n) is 2.74. The lowest BCUT2D eigenvalue weighted by Crippen LogP contribution is -2.27. The number of amides is 1. The van der Waals surface area contributed by atoms with Crippen LogP contribution in [-0.2, 0) is 0 Å². The van der Waals surface area contributed by atoms with Gasteiger partial charge in [-0.05, 0) is 45.0 Å². The first-order valence-electron chi connectivity index (χ1n) is 8.03. The molecule has 0 saturated carbocycles. The quantitative estimate of drug-likeness (QED) is 0.558. The van der Waals surface area contributed by atoms with Gasteiger partial charge in [0, 0.05) is 23.9 Å². The van der Waals surface area contributed by atoms with Crippen molar-refractivity contribution in [1.29, 1.82) is 0 Å². The van der Waals surface area contributed by atoms with Crippen molar-refractivity contribution in [3.63, 3.8) is 0 Å². The van der Waals surface area contributed by atoms with Crippen LogP contribution in [0.1, 0.15) is 40.5 Å². The average Bonchev–Trinajstić information content (AvgIpc) is 3.21. The number of furan rings is 1. The Morgan fingerprint density at radius 1 is 1.27 bits per heavy atom. The second-order valence-corrected chi connectivity index (χ2v) is 5.98. The molecule has 2 aromatic heterocycles. The molecule has 26 heavy (non-hydrogen) atoms. The van der Waals surface area contributed by atoms with E-state index >= 15 is 0 Å². The van der Waals surface area contributed by atoms with E-state index in [0.717, 1.165) is 17.1 Å². The van der Waals surface area contributed by atoms with Crippen LogP contribution < -0.4 is 5.32 Å². The van der Waals surface area contributed by atoms with Gasteiger partial charge in [-0.15, -0.1) is 0 Å². The highest BCUT2D eigenvalue weighted by molar-refractivity contribution is 5.92. The monoisotopic (exact) mass is 354 g/mol. The Morgan fingerprint density at radius 3 is 2.54 bits per heavy atom. The van der Waals surface area contributed by atoms with Gasteiger partial charge in [-0.3, -0.25) is 14.9 Å². The third-order valence-electron chi connectivity index (χ3n) is 4.04. The molecule has 8 nitrogen and oxygen atoms in total. The van der Waals surface area contributed by atoms with Crippen molar-refractivity contribution in [3.8, 4) is 5.69 Å². The molecule has 0 radical (unpaired) electrons. The van der Waals surface area contributed by atoms with Crippen molar-refractivity contribution < 1.29 is 14.1 Å². The number of aromatic nitrogens is 2. The van der Waals surface area contributed by atoms with Gasteiger partial charge in [0.05, 0.1) is 16.7 Å². The molecule has 0 bridgehead atoms. The van der Waals surface area contributed by atoms with E-state index in [1.54, 1.807) is 24.4 Å². The summed E-state index contributed by atoms with van der Waals surface area (Å²) in [5.41, 5.74) is 1.81. The van der Waals surface area contributed by atoms with E-state index in [-0.39, 0.29) is 23.3 Å². The molecule has 1 aromatic carbocycles. The highest BCUT2D eigenvalue weighted by Gasteiger charge is 2.18. The number of hydrogen-bond donors (Lipinski definition) is 1. The summed E-state index contributed by atoms with van der Waals surface area (Å²) in [6, 6.07) is 9.21. The topological polar surface area (TPSA) is 103 Å². The van der Waals surface area contributed by atoms with Crippen LogP contribution in [0.4, 0.5) is 5.69 Å². The van der Waals surface area contributed by atoms with Crippen molar-refractivity contribution in [2.24, 2.45) is 0 Å². The number of carbonyl (C=O) groups excluding carboxylic acids is 1. The fourth-order valence-corrected chi connectivity index (χ4v) is 2.74. The minimum Gasteiger partial charge on any atom is -0.466 e. The summed E-state index contributed by atoms with van der Waals surface area (Å²) in [4.78, 5) is 22.7. The highest BCUT2D eigenvalue weighted by Crippen LogP contribution is 2.21. The number of benzene rings is 1. The van der Waals surface area contributed by atoms with Crippen molar-refractivity contribution >= 4 is 11.6 Å². The molecular weight excluding hydrogens is 336 g/mol. The molecule has 8 heteroatoms. The largest absolute Gasteiger partial charge is 0.466 e. The van der Waals surface area contributed by atoms with Crippen molar-refractivity contribution in [2.75, 3.05) is 0 Å². The summed E-state index contributed by atoms with van der Waals surface area (Å²) in [5, 5.41) is 17.8. The van der Waals surface area contributed by atoms with Gasteiger partial charge in [-0.25, -0.2) is 4.68 Å². The van der Waals surface area contributed by atoms with Crippen LogP contribution in [0.5, 0.6) is 0 Å². The summed E-state index contributed by atoms with van der Waals surface area (Å²) in [6.45, 7) is 5.59. The molecular formula is C18H18N4O4. The minimum absolute atomic E-state index is 0.00141. The smallest absolute Gasteiger partial charge is 0.272 e. The lowest BCUT2D eigenvalue weighted by Gasteiger charge is -2.12. The van der Waals surface area contributed by atoms with Gasteiger partial charge in [-0.1, -0.05) is 0 Å². The Kier molecular flexibility index (Phi) is 4.57. The molecule has 0 saturated heterocycles. The lowest BCUT2D eigenvalue weighted by molar-refractivity contribution is -0.384. The van der Waals surface area contributed by atoms with Crippen molar-refractivity contribution in [2.45, 2.75) is 26.8 Å². The van der Waals surface area contributed by atoms with Gasteiger partial charge in [0.2, 0.25) is 0 Å². The Hall–Kier alpha value is -3.42. The van der Waals surface area contributed by atoms with Gasteiger partial charge >= 0.3 is 0 Å². The average molecular weight is 354 g/mol. The first kappa shape index (κ1) is 17.4. The highest BCUT2D eigenvalue weighted by atomic mass is 16.6. The first-order chi connectivity index (χ1) is 12.3. The van der Waals surface area contributed by atoms with E-state index in [0.29, 0.717) is 5.69 Å². The zero-order valence-corrected chi connectivity index (χ0v) is 14.6. The van der Waals surface area contributed by atoms with Crippen molar-refractivity contribution in [3.05, 3.63) is 75.5 Å². The second kappa shape index (κ2) is 6.83. The van der Waals surface area contributed by atoms with Gasteiger partial charge in [-0.2, -0.15) is 5.10 Å². The number of hydrogen-bond acceptors (Lipinski definition) is 5. The van der Waals surface area contributed by atoms with Crippen LogP contribution in [0, 0.1) is 24.0 Å². The minimum atomic E-state index is -0.466. The summed E-state index contributed by atoms with van der Waals surface area (Å²) >= 11 is 0. The molecule has 3 aromatic rings. The summed E-state index contributed by atoms with van der Waals surface area (Å²) in [7, 11) is 0. The van der Waals surface area contributed by atoms with Gasteiger partial charge in [0.1, 0.15) is 11.5 Å². The molecule has 0 spiro atoms. The standard InChI is InChI=1S/C18H18N4O4/c1-11-10-16(13(3)26-11)12(2)19-18(23)17-8-9-21(20-17)14-4-6-15(7-5-14)22(24)25/h4-10,12H,1-3H3,(H,19,23). The number of nitro groups is 1. The van der Waals surface area contributed by atoms with E-state index in [2.05, 4.69) is 10.4 Å². The van der Waals surface area contributed by atoms with E-state index in [4.69, 9.17) is 4.42 Å². The first-order valence-corrected chi connectivity index (χ1v) is 8.03. The number of aryl methyl sites for hydroxylation is 2. The summed E-state index contributed by atoms with van der Waals surface area (Å²) in [6.07, 6.45) is 1.63. The van der Waals surface area contributed by atoms with Gasteiger partial charge in [0.15, 0.2) is 5.69 Å². The van der Waals surface area contributed by atoms with Crippen LogP contribution >= 0.6 is 0 Å². The number of nitrogens with zero attached hydrogens (tertiary/aromatic N) is 3. The molecule has 1 N–H and O–H groups in total. The second-order valence-electron chi connectivity index (χ2n) is 5.98. The van der Waals surface area contributed by atoms with E-state index in [1.807, 2.05) is 26.8 Å². The SMILES string of the molecule is Cc1cc(C(C)NC(=O)c2ccn(-c3ccc([N+](=O)[O-])cc3)n2)c(C)o1. The Bertz CT molecular complexity index is 956. The zero-order valence-electron chi connectivity index (χ0n) is 14.6. The third kappa shape index (κ3) is 3.49. The van der Waals surface area contributed by atoms with E-state index in [1.165, 1.54) is 16.8 Å². The normalized spacial score (nSPS) is 12.0. The van der Waals surface area contributed by atoms with E-state index < -0.39 is 4.92 Å². The molecule has 0 aliphatic rings. The number of nitrogens with one attached hydrogen (secondary N) is 1. The van der Waals surface area contributed by atoms with E-state index in [9.17, 15) is 14.9 Å². The summed E-state index contributed by atoms with van der Waals surface area (Å²) in [5.74, 6) is 1.25. The number of nitro benzene ring substituents is 1. The lowest BCUT2D eigenvalue weighted by atomic mass is 10.1. The molecule has 0 fully saturated rings. The van der Waals surface area contributed by atoms with Gasteiger partial charge < -0.3 is 9.73 Å². The van der Waals surface area contributed by atoms with Crippen molar-refractivity contribution in [1.82, 2.24) is 15.1 Å². The Balaban J connectivity index is 1.73. The predicted molar refractivity (Wildman–Crippen MR) is 94.3 cm³/mol. The number of carbonyl (C=O) groups is 1. The number of non-ortho nitro benzene ring substituents is 1. The Morgan fingerprint density at radius 2 is 1.96 bits per heavy atom.